The first-order valence-corrected chi connectivity index (χ1v) is 16.0. The van der Waals surface area contributed by atoms with Crippen molar-refractivity contribution in [2.45, 2.75) is 91.0 Å². The minimum atomic E-state index is -4.61. The van der Waals surface area contributed by atoms with Gasteiger partial charge in [-0.1, -0.05) is 18.2 Å². The Morgan fingerprint density at radius 2 is 1.80 bits per heavy atom. The lowest BCUT2D eigenvalue weighted by Gasteiger charge is -2.33. The van der Waals surface area contributed by atoms with Crippen LogP contribution in [0.15, 0.2) is 48.2 Å². The number of allylic oxidation sites excluding steroid dienone is 1. The summed E-state index contributed by atoms with van der Waals surface area (Å²) in [4.78, 5) is 18.9. The van der Waals surface area contributed by atoms with Crippen LogP contribution in [-0.2, 0) is 22.3 Å². The number of likely N-dealkylation sites (tertiary alicyclic amines) is 1. The summed E-state index contributed by atoms with van der Waals surface area (Å²) in [6.45, 7) is 11.2. The van der Waals surface area contributed by atoms with E-state index in [1.165, 1.54) is 17.8 Å². The molecule has 0 N–H and O–H groups in total. The molecular weight excluding hydrogens is 597 g/mol. The molecule has 2 aliphatic rings. The van der Waals surface area contributed by atoms with E-state index in [1.54, 1.807) is 17.9 Å². The number of ether oxygens (including phenoxy) is 3. The van der Waals surface area contributed by atoms with E-state index < -0.39 is 17.5 Å². The van der Waals surface area contributed by atoms with E-state index in [0.29, 0.717) is 37.9 Å². The zero-order chi connectivity index (χ0) is 33.1. The van der Waals surface area contributed by atoms with E-state index in [-0.39, 0.29) is 24.1 Å². The third-order valence-electron chi connectivity index (χ3n) is 8.39. The minimum Gasteiger partial charge on any atom is -0.489 e. The number of amides is 1. The molecular formula is C35H43F3N4O4. The van der Waals surface area contributed by atoms with Gasteiger partial charge in [-0.15, -0.1) is 0 Å². The number of aromatic nitrogens is 3. The summed E-state index contributed by atoms with van der Waals surface area (Å²) in [7, 11) is 0. The predicted molar refractivity (Wildman–Crippen MR) is 169 cm³/mol. The highest BCUT2D eigenvalue weighted by molar-refractivity contribution is 5.69. The second-order valence-electron chi connectivity index (χ2n) is 12.9. The second kappa shape index (κ2) is 13.9. The molecule has 1 aliphatic heterocycles. The van der Waals surface area contributed by atoms with Crippen LogP contribution in [0.2, 0.25) is 0 Å². The number of carbonyl (C=O) groups excluding carboxylic acids is 1. The van der Waals surface area contributed by atoms with Gasteiger partial charge in [-0.3, -0.25) is 0 Å². The van der Waals surface area contributed by atoms with Crippen molar-refractivity contribution in [3.8, 4) is 11.6 Å². The van der Waals surface area contributed by atoms with Gasteiger partial charge < -0.3 is 19.1 Å². The van der Waals surface area contributed by atoms with Crippen molar-refractivity contribution in [2.75, 3.05) is 26.3 Å². The lowest BCUT2D eigenvalue weighted by Crippen LogP contribution is -2.41. The fraction of sp³-hybridized carbons (Fsp3) is 0.514. The molecule has 0 radical (unpaired) electrons. The van der Waals surface area contributed by atoms with Crippen LogP contribution in [0.4, 0.5) is 18.0 Å². The fourth-order valence-corrected chi connectivity index (χ4v) is 6.14. The van der Waals surface area contributed by atoms with Gasteiger partial charge in [-0.05, 0) is 113 Å². The van der Waals surface area contributed by atoms with Crippen LogP contribution < -0.4 is 4.74 Å². The zero-order valence-corrected chi connectivity index (χ0v) is 27.2. The highest BCUT2D eigenvalue weighted by atomic mass is 19.4. The van der Waals surface area contributed by atoms with E-state index in [9.17, 15) is 18.0 Å². The molecule has 1 saturated heterocycles. The topological polar surface area (TPSA) is 78.7 Å². The molecule has 1 amide bonds. The van der Waals surface area contributed by atoms with Gasteiger partial charge in [0, 0.05) is 25.3 Å². The summed E-state index contributed by atoms with van der Waals surface area (Å²) < 4.78 is 60.1. The SMILES string of the molecule is CCOCc1cnn(-c2cccc(C3=C(COc4ccc(C5CCN(C(=O)OC(C)(C)C)CC5)cc4C)CCC3)n2)c1C(F)(F)F. The summed E-state index contributed by atoms with van der Waals surface area (Å²) in [5.74, 6) is 1.26. The van der Waals surface area contributed by atoms with Crippen LogP contribution in [0, 0.1) is 6.92 Å². The Bertz CT molecular complexity index is 1570. The molecule has 11 heteroatoms. The Labute approximate surface area is 268 Å². The predicted octanol–water partition coefficient (Wildman–Crippen LogP) is 8.26. The van der Waals surface area contributed by atoms with Crippen molar-refractivity contribution in [1.29, 1.82) is 0 Å². The quantitative estimate of drug-likeness (QED) is 0.234. The molecule has 0 unspecified atom stereocenters. The van der Waals surface area contributed by atoms with E-state index in [4.69, 9.17) is 14.2 Å². The van der Waals surface area contributed by atoms with Gasteiger partial charge >= 0.3 is 12.3 Å². The van der Waals surface area contributed by atoms with Crippen molar-refractivity contribution in [3.63, 3.8) is 0 Å². The van der Waals surface area contributed by atoms with Gasteiger partial charge in [0.2, 0.25) is 0 Å². The molecule has 0 spiro atoms. The van der Waals surface area contributed by atoms with Crippen LogP contribution in [0.5, 0.6) is 5.75 Å². The normalized spacial score (nSPS) is 16.3. The van der Waals surface area contributed by atoms with Gasteiger partial charge in [0.1, 0.15) is 18.0 Å². The molecule has 1 aliphatic carbocycles. The highest BCUT2D eigenvalue weighted by Crippen LogP contribution is 2.37. The Balaban J connectivity index is 1.26. The maximum absolute atomic E-state index is 14.0. The van der Waals surface area contributed by atoms with Gasteiger partial charge in [0.25, 0.3) is 0 Å². The summed E-state index contributed by atoms with van der Waals surface area (Å²) in [5, 5.41) is 4.03. The molecule has 0 saturated carbocycles. The van der Waals surface area contributed by atoms with Crippen LogP contribution in [0.25, 0.3) is 11.4 Å². The number of piperidine rings is 1. The van der Waals surface area contributed by atoms with Crippen molar-refractivity contribution in [1.82, 2.24) is 19.7 Å². The van der Waals surface area contributed by atoms with Crippen LogP contribution in [-0.4, -0.2) is 57.7 Å². The van der Waals surface area contributed by atoms with Gasteiger partial charge in [0.15, 0.2) is 11.5 Å². The van der Waals surface area contributed by atoms with Crippen LogP contribution in [0.3, 0.4) is 0 Å². The first-order valence-electron chi connectivity index (χ1n) is 16.0. The monoisotopic (exact) mass is 640 g/mol. The third-order valence-corrected chi connectivity index (χ3v) is 8.39. The minimum absolute atomic E-state index is 0.0247. The number of hydrogen-bond acceptors (Lipinski definition) is 6. The number of nitrogens with zero attached hydrogens (tertiary/aromatic N) is 4. The standard InChI is InChI=1S/C35H43F3N4O4/c1-6-44-21-27-20-39-42(32(27)35(36,37)38)31-12-8-11-29(40-31)28-10-7-9-26(28)22-45-30-14-13-25(19-23(30)2)24-15-17-41(18-16-24)33(43)46-34(3,4)5/h8,11-14,19-20,24H,6-7,9-10,15-18,21-22H2,1-5H3. The zero-order valence-electron chi connectivity index (χ0n) is 27.2. The molecule has 5 rings (SSSR count). The number of hydrogen-bond donors (Lipinski definition) is 0. The lowest BCUT2D eigenvalue weighted by molar-refractivity contribution is -0.144. The number of rotatable bonds is 9. The molecule has 0 bridgehead atoms. The maximum Gasteiger partial charge on any atom is 0.433 e. The Morgan fingerprint density at radius 3 is 2.48 bits per heavy atom. The van der Waals surface area contributed by atoms with Gasteiger partial charge in [0.05, 0.1) is 18.5 Å². The number of carbonyl (C=O) groups is 1. The average Bonchev–Trinajstić information content (AvgIpc) is 3.66. The number of pyridine rings is 1. The summed E-state index contributed by atoms with van der Waals surface area (Å²) in [5.41, 5.74) is 3.59. The second-order valence-corrected chi connectivity index (χ2v) is 12.9. The Morgan fingerprint density at radius 1 is 1.04 bits per heavy atom. The smallest absolute Gasteiger partial charge is 0.433 e. The van der Waals surface area contributed by atoms with Crippen molar-refractivity contribution >= 4 is 11.7 Å². The maximum atomic E-state index is 14.0. The highest BCUT2D eigenvalue weighted by Gasteiger charge is 2.39. The number of halogens is 3. The van der Waals surface area contributed by atoms with Crippen LogP contribution in [0.1, 0.15) is 93.8 Å². The molecule has 3 heterocycles. The summed E-state index contributed by atoms with van der Waals surface area (Å²) in [6, 6.07) is 11.4. The van der Waals surface area contributed by atoms with Gasteiger partial charge in [-0.25, -0.2) is 14.5 Å². The van der Waals surface area contributed by atoms with Gasteiger partial charge in [-0.2, -0.15) is 18.3 Å². The van der Waals surface area contributed by atoms with E-state index in [1.807, 2.05) is 39.8 Å². The molecule has 248 valence electrons. The molecule has 1 aromatic carbocycles. The molecule has 0 atom stereocenters. The first kappa shape index (κ1) is 33.5. The van der Waals surface area contributed by atoms with Crippen molar-refractivity contribution in [3.05, 3.63) is 76.2 Å². The Hall–Kier alpha value is -3.86. The first-order chi connectivity index (χ1) is 21.8. The molecule has 2 aromatic heterocycles. The number of aryl methyl sites for hydroxylation is 1. The number of alkyl halides is 3. The Kier molecular flexibility index (Phi) is 10.1. The van der Waals surface area contributed by atoms with Crippen molar-refractivity contribution in [2.24, 2.45) is 0 Å². The van der Waals surface area contributed by atoms with Crippen LogP contribution >= 0.6 is 0 Å². The summed E-state index contributed by atoms with van der Waals surface area (Å²) >= 11 is 0. The molecule has 3 aromatic rings. The van der Waals surface area contributed by atoms with E-state index >= 15 is 0 Å². The molecule has 1 fully saturated rings. The van der Waals surface area contributed by atoms with E-state index in [2.05, 4.69) is 22.2 Å². The van der Waals surface area contributed by atoms with E-state index in [0.717, 1.165) is 59.2 Å². The largest absolute Gasteiger partial charge is 0.489 e. The molecule has 8 nitrogen and oxygen atoms in total. The number of benzene rings is 1. The van der Waals surface area contributed by atoms with Crippen molar-refractivity contribution < 1.29 is 32.2 Å². The fourth-order valence-electron chi connectivity index (χ4n) is 6.14. The molecule has 46 heavy (non-hydrogen) atoms. The average molecular weight is 641 g/mol. The third kappa shape index (κ3) is 7.92. The summed E-state index contributed by atoms with van der Waals surface area (Å²) in [6.07, 6.45) is 0.605. The lowest BCUT2D eigenvalue weighted by atomic mass is 9.88.